The van der Waals surface area contributed by atoms with Gasteiger partial charge in [-0.1, -0.05) is 12.1 Å². The molecule has 5 rings (SSSR count). The molecule has 0 bridgehead atoms. The number of carbonyl (C=O) groups excluding carboxylic acids is 1. The molecule has 1 fully saturated rings. The Morgan fingerprint density at radius 2 is 2.04 bits per heavy atom. The maximum absolute atomic E-state index is 11.2. The molecule has 0 saturated carbocycles. The maximum atomic E-state index is 11.2. The number of nitrogens with one attached hydrogen (secondary N) is 1. The minimum Gasteiger partial charge on any atom is -0.378 e. The lowest BCUT2D eigenvalue weighted by atomic mass is 10.1. The fraction of sp³-hybridized carbons (Fsp3) is 0.222. The van der Waals surface area contributed by atoms with Crippen molar-refractivity contribution in [3.63, 3.8) is 0 Å². The van der Waals surface area contributed by atoms with Crippen molar-refractivity contribution in [1.82, 2.24) is 24.6 Å². The third kappa shape index (κ3) is 2.34. The third-order valence-electron chi connectivity index (χ3n) is 4.63. The van der Waals surface area contributed by atoms with Crippen LogP contribution < -0.4 is 4.90 Å². The molecule has 3 aromatic heterocycles. The first-order valence-corrected chi connectivity index (χ1v) is 8.43. The van der Waals surface area contributed by atoms with Crippen molar-refractivity contribution in [3.05, 3.63) is 42.5 Å². The highest BCUT2D eigenvalue weighted by Crippen LogP contribution is 2.29. The van der Waals surface area contributed by atoms with Gasteiger partial charge >= 0.3 is 0 Å². The van der Waals surface area contributed by atoms with Crippen molar-refractivity contribution in [2.24, 2.45) is 0 Å². The molecule has 4 aromatic rings. The van der Waals surface area contributed by atoms with E-state index in [1.807, 2.05) is 28.8 Å². The highest BCUT2D eigenvalue weighted by atomic mass is 16.5. The van der Waals surface area contributed by atoms with E-state index in [2.05, 4.69) is 20.1 Å². The zero-order chi connectivity index (χ0) is 17.5. The summed E-state index contributed by atoms with van der Waals surface area (Å²) in [5.74, 6) is 0.763. The summed E-state index contributed by atoms with van der Waals surface area (Å²) in [6, 6.07) is 5.97. The SMILES string of the molecule is O=Cc1cn2cc(-c3cccc4[nH]ncc34)nc(N3CCOCC3)c2n1. The largest absolute Gasteiger partial charge is 0.378 e. The molecule has 1 saturated heterocycles. The van der Waals surface area contributed by atoms with Gasteiger partial charge in [0.2, 0.25) is 0 Å². The number of hydrogen-bond donors (Lipinski definition) is 1. The van der Waals surface area contributed by atoms with Gasteiger partial charge in [0.05, 0.1) is 30.6 Å². The molecule has 26 heavy (non-hydrogen) atoms. The predicted molar refractivity (Wildman–Crippen MR) is 96.5 cm³/mol. The second kappa shape index (κ2) is 5.92. The quantitative estimate of drug-likeness (QED) is 0.569. The number of aromatic amines is 1. The van der Waals surface area contributed by atoms with Gasteiger partial charge in [-0.3, -0.25) is 9.89 Å². The van der Waals surface area contributed by atoms with Crippen LogP contribution in [0, 0.1) is 0 Å². The topological polar surface area (TPSA) is 88.4 Å². The van der Waals surface area contributed by atoms with Crippen molar-refractivity contribution >= 4 is 28.7 Å². The summed E-state index contributed by atoms with van der Waals surface area (Å²) >= 11 is 0. The van der Waals surface area contributed by atoms with Gasteiger partial charge in [-0.05, 0) is 6.07 Å². The Labute approximate surface area is 148 Å². The third-order valence-corrected chi connectivity index (χ3v) is 4.63. The molecule has 1 N–H and O–H groups in total. The molecule has 0 amide bonds. The fourth-order valence-corrected chi connectivity index (χ4v) is 3.37. The zero-order valence-corrected chi connectivity index (χ0v) is 13.9. The van der Waals surface area contributed by atoms with E-state index < -0.39 is 0 Å². The first-order chi connectivity index (χ1) is 12.8. The molecule has 4 heterocycles. The Balaban J connectivity index is 1.75. The fourth-order valence-electron chi connectivity index (χ4n) is 3.37. The molecule has 8 nitrogen and oxygen atoms in total. The van der Waals surface area contributed by atoms with Gasteiger partial charge in [0.25, 0.3) is 0 Å². The number of benzene rings is 1. The van der Waals surface area contributed by atoms with Crippen LogP contribution in [0.15, 0.2) is 36.8 Å². The normalized spacial score (nSPS) is 15.0. The molecule has 1 aliphatic rings. The molecule has 130 valence electrons. The van der Waals surface area contributed by atoms with E-state index in [1.54, 1.807) is 12.4 Å². The standard InChI is InChI=1S/C18H16N6O2/c25-11-12-9-24-10-16(13-2-1-3-15-14(13)8-19-22-15)21-18(17(24)20-12)23-4-6-26-7-5-23/h1-3,8-11H,4-7H2,(H,19,22). The number of nitrogens with zero attached hydrogens (tertiary/aromatic N) is 5. The van der Waals surface area contributed by atoms with Gasteiger partial charge in [0.1, 0.15) is 5.69 Å². The number of ether oxygens (including phenoxy) is 1. The predicted octanol–water partition coefficient (Wildman–Crippen LogP) is 1.92. The number of H-pyrrole nitrogens is 1. The lowest BCUT2D eigenvalue weighted by Gasteiger charge is -2.28. The van der Waals surface area contributed by atoms with Gasteiger partial charge in [-0.2, -0.15) is 5.10 Å². The second-order valence-electron chi connectivity index (χ2n) is 6.20. The average molecular weight is 348 g/mol. The number of anilines is 1. The molecule has 8 heteroatoms. The number of carbonyl (C=O) groups is 1. The smallest absolute Gasteiger partial charge is 0.181 e. The van der Waals surface area contributed by atoms with Gasteiger partial charge < -0.3 is 14.0 Å². The summed E-state index contributed by atoms with van der Waals surface area (Å²) in [5, 5.41) is 8.12. The van der Waals surface area contributed by atoms with Crippen molar-refractivity contribution in [1.29, 1.82) is 0 Å². The van der Waals surface area contributed by atoms with E-state index in [4.69, 9.17) is 9.72 Å². The molecule has 0 radical (unpaired) electrons. The summed E-state index contributed by atoms with van der Waals surface area (Å²) in [4.78, 5) is 22.7. The van der Waals surface area contributed by atoms with E-state index in [1.165, 1.54) is 0 Å². The number of fused-ring (bicyclic) bond motifs is 2. The van der Waals surface area contributed by atoms with Gasteiger partial charge in [0.15, 0.2) is 17.8 Å². The number of rotatable bonds is 3. The van der Waals surface area contributed by atoms with Crippen molar-refractivity contribution in [2.45, 2.75) is 0 Å². The summed E-state index contributed by atoms with van der Waals surface area (Å²) in [6.07, 6.45) is 6.19. The van der Waals surface area contributed by atoms with Crippen LogP contribution in [-0.4, -0.2) is 57.2 Å². The Morgan fingerprint density at radius 3 is 2.88 bits per heavy atom. The van der Waals surface area contributed by atoms with Gasteiger partial charge in [0, 0.05) is 36.4 Å². The Morgan fingerprint density at radius 1 is 1.15 bits per heavy atom. The molecular formula is C18H16N6O2. The van der Waals surface area contributed by atoms with E-state index in [-0.39, 0.29) is 0 Å². The summed E-state index contributed by atoms with van der Waals surface area (Å²) in [7, 11) is 0. The summed E-state index contributed by atoms with van der Waals surface area (Å²) in [6.45, 7) is 2.78. The van der Waals surface area contributed by atoms with E-state index in [0.29, 0.717) is 24.6 Å². The molecule has 1 aromatic carbocycles. The monoisotopic (exact) mass is 348 g/mol. The van der Waals surface area contributed by atoms with Crippen LogP contribution in [0.3, 0.4) is 0 Å². The van der Waals surface area contributed by atoms with Crippen molar-refractivity contribution in [2.75, 3.05) is 31.2 Å². The van der Waals surface area contributed by atoms with E-state index in [9.17, 15) is 4.79 Å². The highest BCUT2D eigenvalue weighted by Gasteiger charge is 2.20. The second-order valence-corrected chi connectivity index (χ2v) is 6.20. The minimum atomic E-state index is 0.389. The molecule has 0 aliphatic carbocycles. The maximum Gasteiger partial charge on any atom is 0.181 e. The lowest BCUT2D eigenvalue weighted by Crippen LogP contribution is -2.37. The Hall–Kier alpha value is -3.26. The number of aromatic nitrogens is 5. The lowest BCUT2D eigenvalue weighted by molar-refractivity contribution is 0.111. The minimum absolute atomic E-state index is 0.389. The first-order valence-electron chi connectivity index (χ1n) is 8.43. The Kier molecular flexibility index (Phi) is 3.42. The van der Waals surface area contributed by atoms with E-state index in [0.717, 1.165) is 47.4 Å². The molecular weight excluding hydrogens is 332 g/mol. The molecule has 1 aliphatic heterocycles. The van der Waals surface area contributed by atoms with Gasteiger partial charge in [-0.15, -0.1) is 0 Å². The summed E-state index contributed by atoms with van der Waals surface area (Å²) in [5.41, 5.74) is 3.81. The number of imidazole rings is 1. The summed E-state index contributed by atoms with van der Waals surface area (Å²) < 4.78 is 7.33. The molecule has 0 spiro atoms. The Bertz CT molecular complexity index is 1110. The van der Waals surface area contributed by atoms with Crippen LogP contribution >= 0.6 is 0 Å². The van der Waals surface area contributed by atoms with Crippen molar-refractivity contribution < 1.29 is 9.53 Å². The average Bonchev–Trinajstić information content (AvgIpc) is 3.34. The molecule has 0 atom stereocenters. The van der Waals surface area contributed by atoms with Crippen LogP contribution in [-0.2, 0) is 4.74 Å². The highest BCUT2D eigenvalue weighted by molar-refractivity contribution is 5.93. The van der Waals surface area contributed by atoms with Crippen molar-refractivity contribution in [3.8, 4) is 11.3 Å². The number of morpholine rings is 1. The van der Waals surface area contributed by atoms with Crippen LogP contribution in [0.5, 0.6) is 0 Å². The first kappa shape index (κ1) is 15.0. The molecule has 0 unspecified atom stereocenters. The van der Waals surface area contributed by atoms with Crippen LogP contribution in [0.2, 0.25) is 0 Å². The number of aldehydes is 1. The number of hydrogen-bond acceptors (Lipinski definition) is 6. The van der Waals surface area contributed by atoms with Crippen LogP contribution in [0.4, 0.5) is 5.82 Å². The van der Waals surface area contributed by atoms with E-state index >= 15 is 0 Å². The van der Waals surface area contributed by atoms with Gasteiger partial charge in [-0.25, -0.2) is 9.97 Å². The van der Waals surface area contributed by atoms with Crippen LogP contribution in [0.25, 0.3) is 27.8 Å². The zero-order valence-electron chi connectivity index (χ0n) is 13.9. The van der Waals surface area contributed by atoms with Crippen LogP contribution in [0.1, 0.15) is 10.5 Å².